The number of carbonyl (C=O) groups excluding carboxylic acids is 1. The van der Waals surface area contributed by atoms with Gasteiger partial charge in [-0.1, -0.05) is 11.6 Å². The van der Waals surface area contributed by atoms with Crippen LogP contribution in [0.2, 0.25) is 5.02 Å². The number of rotatable bonds is 3. The smallest absolute Gasteiger partial charge is 0.335 e. The molecule has 0 spiro atoms. The van der Waals surface area contributed by atoms with Gasteiger partial charge in [0, 0.05) is 12.7 Å². The van der Waals surface area contributed by atoms with E-state index in [9.17, 15) is 9.59 Å². The Bertz CT molecular complexity index is 694. The average Bonchev–Trinajstić information content (AvgIpc) is 2.72. The van der Waals surface area contributed by atoms with Crippen LogP contribution in [0.3, 0.4) is 0 Å². The highest BCUT2D eigenvalue weighted by Gasteiger charge is 2.15. The molecule has 104 valence electrons. The molecule has 0 aliphatic rings. The third kappa shape index (κ3) is 2.65. The summed E-state index contributed by atoms with van der Waals surface area (Å²) in [4.78, 5) is 22.9. The summed E-state index contributed by atoms with van der Waals surface area (Å²) in [6.45, 7) is 1.77. The van der Waals surface area contributed by atoms with E-state index >= 15 is 0 Å². The molecule has 1 aromatic carbocycles. The third-order valence-electron chi connectivity index (χ3n) is 2.94. The minimum atomic E-state index is -1.08. The number of anilines is 1. The summed E-state index contributed by atoms with van der Waals surface area (Å²) in [7, 11) is 1.74. The Balaban J connectivity index is 2.24. The van der Waals surface area contributed by atoms with Crippen LogP contribution in [-0.2, 0) is 7.05 Å². The first-order chi connectivity index (χ1) is 9.40. The molecule has 1 amide bonds. The molecule has 2 N–H and O–H groups in total. The Morgan fingerprint density at radius 3 is 2.60 bits per heavy atom. The van der Waals surface area contributed by atoms with Gasteiger partial charge in [-0.2, -0.15) is 5.10 Å². The van der Waals surface area contributed by atoms with Crippen molar-refractivity contribution in [3.05, 3.63) is 46.2 Å². The number of aryl methyl sites for hydroxylation is 1. The molecule has 6 nitrogen and oxygen atoms in total. The number of hydrogen-bond donors (Lipinski definition) is 2. The second-order valence-electron chi connectivity index (χ2n) is 4.22. The Hall–Kier alpha value is -2.34. The van der Waals surface area contributed by atoms with Crippen LogP contribution in [0, 0.1) is 6.92 Å². The predicted molar refractivity (Wildman–Crippen MR) is 74.3 cm³/mol. The molecule has 2 rings (SSSR count). The third-order valence-corrected chi connectivity index (χ3v) is 3.26. The van der Waals surface area contributed by atoms with E-state index in [4.69, 9.17) is 16.7 Å². The Labute approximate surface area is 120 Å². The first kappa shape index (κ1) is 14.1. The Morgan fingerprint density at radius 1 is 1.40 bits per heavy atom. The lowest BCUT2D eigenvalue weighted by molar-refractivity contribution is 0.0696. The normalized spacial score (nSPS) is 10.3. The van der Waals surface area contributed by atoms with E-state index in [2.05, 4.69) is 10.4 Å². The van der Waals surface area contributed by atoms with Gasteiger partial charge in [0.2, 0.25) is 0 Å². The number of aromatic carboxylic acids is 1. The van der Waals surface area contributed by atoms with Crippen LogP contribution < -0.4 is 5.32 Å². The Morgan fingerprint density at radius 2 is 2.10 bits per heavy atom. The van der Waals surface area contributed by atoms with Crippen molar-refractivity contribution in [1.82, 2.24) is 9.78 Å². The summed E-state index contributed by atoms with van der Waals surface area (Å²) in [5.74, 6) is -1.42. The molecule has 0 fully saturated rings. The van der Waals surface area contributed by atoms with E-state index in [0.29, 0.717) is 11.3 Å². The van der Waals surface area contributed by atoms with Gasteiger partial charge in [-0.25, -0.2) is 4.79 Å². The molecule has 0 unspecified atom stereocenters. The topological polar surface area (TPSA) is 84.2 Å². The molecule has 0 saturated heterocycles. The fourth-order valence-electron chi connectivity index (χ4n) is 1.66. The predicted octanol–water partition coefficient (Wildman–Crippen LogP) is 2.33. The van der Waals surface area contributed by atoms with Gasteiger partial charge >= 0.3 is 5.97 Å². The van der Waals surface area contributed by atoms with E-state index in [-0.39, 0.29) is 16.5 Å². The van der Waals surface area contributed by atoms with E-state index in [1.807, 2.05) is 0 Å². The highest BCUT2D eigenvalue weighted by atomic mass is 35.5. The molecule has 1 heterocycles. The lowest BCUT2D eigenvalue weighted by Gasteiger charge is -2.07. The summed E-state index contributed by atoms with van der Waals surface area (Å²) >= 11 is 5.95. The van der Waals surface area contributed by atoms with Gasteiger partial charge in [0.25, 0.3) is 5.91 Å². The molecule has 0 atom stereocenters. The zero-order chi connectivity index (χ0) is 14.9. The van der Waals surface area contributed by atoms with E-state index < -0.39 is 5.97 Å². The van der Waals surface area contributed by atoms with Crippen molar-refractivity contribution in [2.45, 2.75) is 6.92 Å². The molecule has 0 saturated carbocycles. The second-order valence-corrected chi connectivity index (χ2v) is 4.63. The quantitative estimate of drug-likeness (QED) is 0.909. The molecular formula is C13H12ClN3O3. The Kier molecular flexibility index (Phi) is 3.76. The lowest BCUT2D eigenvalue weighted by atomic mass is 10.2. The summed E-state index contributed by atoms with van der Waals surface area (Å²) in [6.07, 6.45) is 1.46. The van der Waals surface area contributed by atoms with Crippen molar-refractivity contribution < 1.29 is 14.7 Å². The maximum absolute atomic E-state index is 12.1. The van der Waals surface area contributed by atoms with Crippen LogP contribution in [0.25, 0.3) is 0 Å². The van der Waals surface area contributed by atoms with Gasteiger partial charge in [-0.05, 0) is 25.1 Å². The van der Waals surface area contributed by atoms with Crippen LogP contribution in [-0.4, -0.2) is 26.8 Å². The van der Waals surface area contributed by atoms with Crippen molar-refractivity contribution in [3.8, 4) is 0 Å². The molecule has 2 aromatic rings. The fourth-order valence-corrected chi connectivity index (χ4v) is 1.89. The second kappa shape index (κ2) is 5.34. The molecule has 7 heteroatoms. The number of hydrogen-bond acceptors (Lipinski definition) is 3. The monoisotopic (exact) mass is 293 g/mol. The van der Waals surface area contributed by atoms with E-state index in [0.717, 1.165) is 5.69 Å². The SMILES string of the molecule is Cc1c(C(=O)Nc2ccc(C(=O)O)cc2Cl)cnn1C. The first-order valence-corrected chi connectivity index (χ1v) is 6.10. The maximum Gasteiger partial charge on any atom is 0.335 e. The van der Waals surface area contributed by atoms with E-state index in [1.54, 1.807) is 18.7 Å². The molecule has 0 bridgehead atoms. The summed E-state index contributed by atoms with van der Waals surface area (Å²) < 4.78 is 1.59. The van der Waals surface area contributed by atoms with E-state index in [1.165, 1.54) is 24.4 Å². The number of nitrogens with one attached hydrogen (secondary N) is 1. The molecule has 0 radical (unpaired) electrons. The molecular weight excluding hydrogens is 282 g/mol. The molecule has 0 aliphatic carbocycles. The zero-order valence-corrected chi connectivity index (χ0v) is 11.6. The number of carboxylic acids is 1. The zero-order valence-electron chi connectivity index (χ0n) is 10.8. The molecule has 20 heavy (non-hydrogen) atoms. The number of aromatic nitrogens is 2. The van der Waals surface area contributed by atoms with Crippen molar-refractivity contribution in [1.29, 1.82) is 0 Å². The standard InChI is InChI=1S/C13H12ClN3O3/c1-7-9(6-15-17(7)2)12(18)16-11-4-3-8(13(19)20)5-10(11)14/h3-6H,1-2H3,(H,16,18)(H,19,20). The highest BCUT2D eigenvalue weighted by molar-refractivity contribution is 6.34. The first-order valence-electron chi connectivity index (χ1n) is 5.73. The summed E-state index contributed by atoms with van der Waals surface area (Å²) in [5, 5.41) is 15.6. The van der Waals surface area contributed by atoms with Crippen molar-refractivity contribution >= 4 is 29.2 Å². The fraction of sp³-hybridized carbons (Fsp3) is 0.154. The minimum Gasteiger partial charge on any atom is -0.478 e. The number of nitrogens with zero attached hydrogens (tertiary/aromatic N) is 2. The number of carbonyl (C=O) groups is 2. The van der Waals surface area contributed by atoms with Gasteiger partial charge in [-0.3, -0.25) is 9.48 Å². The van der Waals surface area contributed by atoms with Crippen LogP contribution >= 0.6 is 11.6 Å². The van der Waals surface area contributed by atoms with Gasteiger partial charge in [-0.15, -0.1) is 0 Å². The summed E-state index contributed by atoms with van der Waals surface area (Å²) in [5.41, 5.74) is 1.57. The maximum atomic E-state index is 12.1. The number of benzene rings is 1. The van der Waals surface area contributed by atoms with Crippen LogP contribution in [0.5, 0.6) is 0 Å². The van der Waals surface area contributed by atoms with Gasteiger partial charge in [0.05, 0.1) is 28.0 Å². The van der Waals surface area contributed by atoms with Gasteiger partial charge in [0.1, 0.15) is 0 Å². The lowest BCUT2D eigenvalue weighted by Crippen LogP contribution is -2.13. The number of halogens is 1. The molecule has 0 aliphatic heterocycles. The highest BCUT2D eigenvalue weighted by Crippen LogP contribution is 2.24. The minimum absolute atomic E-state index is 0.0607. The average molecular weight is 294 g/mol. The van der Waals surface area contributed by atoms with Crippen molar-refractivity contribution in [2.24, 2.45) is 7.05 Å². The van der Waals surface area contributed by atoms with Crippen LogP contribution in [0.15, 0.2) is 24.4 Å². The van der Waals surface area contributed by atoms with Crippen molar-refractivity contribution in [2.75, 3.05) is 5.32 Å². The van der Waals surface area contributed by atoms with Crippen LogP contribution in [0.4, 0.5) is 5.69 Å². The number of amides is 1. The molecule has 1 aromatic heterocycles. The van der Waals surface area contributed by atoms with Gasteiger partial charge in [0.15, 0.2) is 0 Å². The summed E-state index contributed by atoms with van der Waals surface area (Å²) in [6, 6.07) is 4.12. The van der Waals surface area contributed by atoms with Crippen LogP contribution in [0.1, 0.15) is 26.4 Å². The van der Waals surface area contributed by atoms with Crippen molar-refractivity contribution in [3.63, 3.8) is 0 Å². The largest absolute Gasteiger partial charge is 0.478 e. The number of carboxylic acid groups (broad SMARTS) is 1. The van der Waals surface area contributed by atoms with Gasteiger partial charge < -0.3 is 10.4 Å².